The molecule has 0 aromatic rings. The summed E-state index contributed by atoms with van der Waals surface area (Å²) in [7, 11) is 0. The first-order valence-corrected chi connectivity index (χ1v) is 11.6. The fraction of sp³-hybridized carbons (Fsp3) is 0.680. The molecule has 184 valence electrons. The standard InChI is InChI=1S/C25H37NO7/c1-17(7-10-21-12-25(16-31-25)15-24(4,5)33-21)6-9-20-13-29-23(30-14-20)26-22(28)11-8-18(2)32-19(3)27/h6-8,10-11,18,20-21,23H,9,12-16H2,1-5H3,(H,26,28)/b10-7+,11-8-,17-6+/t18-,20-,21+,23+,25+/m0/s1. The first kappa shape index (κ1) is 25.6. The number of carbonyl (C=O) groups is 2. The number of rotatable bonds is 8. The Morgan fingerprint density at radius 1 is 1.18 bits per heavy atom. The maximum atomic E-state index is 12.0. The molecule has 3 aliphatic rings. The van der Waals surface area contributed by atoms with E-state index in [9.17, 15) is 9.59 Å². The number of epoxide rings is 1. The van der Waals surface area contributed by atoms with Gasteiger partial charge in [-0.15, -0.1) is 0 Å². The Balaban J connectivity index is 1.36. The molecule has 0 bridgehead atoms. The zero-order valence-electron chi connectivity index (χ0n) is 20.3. The molecule has 3 heterocycles. The van der Waals surface area contributed by atoms with Crippen molar-refractivity contribution >= 4 is 11.9 Å². The van der Waals surface area contributed by atoms with Gasteiger partial charge >= 0.3 is 5.97 Å². The summed E-state index contributed by atoms with van der Waals surface area (Å²) in [5.74, 6) is -0.552. The molecule has 3 atom stereocenters. The van der Waals surface area contributed by atoms with Crippen LogP contribution in [0.3, 0.4) is 0 Å². The second-order valence-electron chi connectivity index (χ2n) is 9.86. The van der Waals surface area contributed by atoms with Crippen molar-refractivity contribution in [2.75, 3.05) is 19.8 Å². The second-order valence-corrected chi connectivity index (χ2v) is 9.86. The van der Waals surface area contributed by atoms with Gasteiger partial charge in [0.25, 0.3) is 0 Å². The second kappa shape index (κ2) is 11.0. The van der Waals surface area contributed by atoms with Gasteiger partial charge in [-0.05, 0) is 40.2 Å². The van der Waals surface area contributed by atoms with Gasteiger partial charge in [0.15, 0.2) is 0 Å². The molecule has 3 rings (SSSR count). The van der Waals surface area contributed by atoms with E-state index in [2.05, 4.69) is 44.3 Å². The number of nitrogens with one attached hydrogen (secondary N) is 1. The Bertz CT molecular complexity index is 783. The fourth-order valence-electron chi connectivity index (χ4n) is 4.27. The summed E-state index contributed by atoms with van der Waals surface area (Å²) in [6.07, 6.45) is 10.7. The van der Waals surface area contributed by atoms with Crippen molar-refractivity contribution in [3.63, 3.8) is 0 Å². The topological polar surface area (TPSA) is 95.6 Å². The summed E-state index contributed by atoms with van der Waals surface area (Å²) >= 11 is 0. The molecule has 33 heavy (non-hydrogen) atoms. The van der Waals surface area contributed by atoms with Crippen LogP contribution < -0.4 is 5.32 Å². The quantitative estimate of drug-likeness (QED) is 0.256. The lowest BCUT2D eigenvalue weighted by Crippen LogP contribution is -2.44. The molecule has 8 heteroatoms. The van der Waals surface area contributed by atoms with Crippen LogP contribution in [-0.2, 0) is 33.3 Å². The highest BCUT2D eigenvalue weighted by molar-refractivity contribution is 5.87. The SMILES string of the molecule is CC(=O)O[C@@H](C)/C=C\C(=O)N[C@H]1OC[C@@H](C/C=C(C)/C=C/[C@@H]2C[C@]3(CO3)CC(C)(C)O2)CO1. The van der Waals surface area contributed by atoms with Gasteiger partial charge in [0.1, 0.15) is 6.10 Å². The number of hydrogen-bond acceptors (Lipinski definition) is 7. The van der Waals surface area contributed by atoms with E-state index in [1.165, 1.54) is 19.1 Å². The van der Waals surface area contributed by atoms with Gasteiger partial charge in [-0.1, -0.05) is 23.8 Å². The smallest absolute Gasteiger partial charge is 0.303 e. The normalized spacial score (nSPS) is 32.8. The lowest BCUT2D eigenvalue weighted by atomic mass is 9.85. The maximum absolute atomic E-state index is 12.0. The Hall–Kier alpha value is -2.00. The summed E-state index contributed by atoms with van der Waals surface area (Å²) in [4.78, 5) is 22.8. The van der Waals surface area contributed by atoms with E-state index in [4.69, 9.17) is 23.7 Å². The number of ether oxygens (including phenoxy) is 5. The van der Waals surface area contributed by atoms with Gasteiger partial charge in [-0.2, -0.15) is 0 Å². The van der Waals surface area contributed by atoms with Gasteiger partial charge in [-0.25, -0.2) is 0 Å². The highest BCUT2D eigenvalue weighted by atomic mass is 16.7. The minimum Gasteiger partial charge on any atom is -0.459 e. The predicted molar refractivity (Wildman–Crippen MR) is 122 cm³/mol. The Kier molecular flexibility index (Phi) is 8.50. The molecule has 0 aromatic heterocycles. The van der Waals surface area contributed by atoms with Crippen molar-refractivity contribution < 1.29 is 33.3 Å². The van der Waals surface area contributed by atoms with Crippen LogP contribution in [0, 0.1) is 5.92 Å². The third-order valence-corrected chi connectivity index (χ3v) is 5.79. The summed E-state index contributed by atoms with van der Waals surface area (Å²) in [6, 6.07) is 0. The van der Waals surface area contributed by atoms with Crippen molar-refractivity contribution in [2.45, 2.75) is 83.7 Å². The summed E-state index contributed by atoms with van der Waals surface area (Å²) < 4.78 is 28.1. The molecule has 1 N–H and O–H groups in total. The van der Waals surface area contributed by atoms with Crippen LogP contribution in [0.15, 0.2) is 36.0 Å². The van der Waals surface area contributed by atoms with Crippen molar-refractivity contribution in [1.29, 1.82) is 0 Å². The minimum absolute atomic E-state index is 0.0213. The van der Waals surface area contributed by atoms with Crippen LogP contribution in [0.1, 0.15) is 53.9 Å². The zero-order chi connectivity index (χ0) is 24.1. The molecule has 3 aliphatic heterocycles. The number of allylic oxidation sites excluding steroid dienone is 3. The van der Waals surface area contributed by atoms with E-state index in [-0.39, 0.29) is 29.1 Å². The van der Waals surface area contributed by atoms with Gasteiger partial charge in [0, 0.05) is 31.8 Å². The highest BCUT2D eigenvalue weighted by Gasteiger charge is 2.53. The molecule has 1 amide bonds. The van der Waals surface area contributed by atoms with Crippen molar-refractivity contribution in [3.8, 4) is 0 Å². The van der Waals surface area contributed by atoms with Crippen LogP contribution in [0.5, 0.6) is 0 Å². The minimum atomic E-state index is -0.781. The lowest BCUT2D eigenvalue weighted by molar-refractivity contribution is -0.213. The molecule has 0 aromatic carbocycles. The third kappa shape index (κ3) is 8.70. The van der Waals surface area contributed by atoms with E-state index in [0.717, 1.165) is 31.4 Å². The first-order chi connectivity index (χ1) is 15.5. The Labute approximate surface area is 196 Å². The lowest BCUT2D eigenvalue weighted by Gasteiger charge is -2.38. The van der Waals surface area contributed by atoms with Crippen LogP contribution in [0.25, 0.3) is 0 Å². The Morgan fingerprint density at radius 3 is 2.52 bits per heavy atom. The van der Waals surface area contributed by atoms with E-state index >= 15 is 0 Å². The fourth-order valence-corrected chi connectivity index (χ4v) is 4.27. The van der Waals surface area contributed by atoms with E-state index in [0.29, 0.717) is 13.2 Å². The molecule has 3 saturated heterocycles. The van der Waals surface area contributed by atoms with Crippen LogP contribution >= 0.6 is 0 Å². The summed E-state index contributed by atoms with van der Waals surface area (Å²) in [6.45, 7) is 11.1. The number of carbonyl (C=O) groups excluding carboxylic acids is 2. The molecule has 3 fully saturated rings. The zero-order valence-corrected chi connectivity index (χ0v) is 20.3. The van der Waals surface area contributed by atoms with Crippen molar-refractivity contribution in [3.05, 3.63) is 36.0 Å². The average Bonchev–Trinajstić information content (AvgIpc) is 3.46. The first-order valence-electron chi connectivity index (χ1n) is 11.6. The highest BCUT2D eigenvalue weighted by Crippen LogP contribution is 2.46. The number of esters is 1. The molecule has 0 saturated carbocycles. The van der Waals surface area contributed by atoms with E-state index in [1.807, 2.05) is 0 Å². The molecular formula is C25H37NO7. The van der Waals surface area contributed by atoms with Gasteiger partial charge in [0.2, 0.25) is 12.3 Å². The van der Waals surface area contributed by atoms with E-state index in [1.54, 1.807) is 6.92 Å². The molecule has 1 spiro atoms. The largest absolute Gasteiger partial charge is 0.459 e. The maximum Gasteiger partial charge on any atom is 0.303 e. The predicted octanol–water partition coefficient (Wildman–Crippen LogP) is 3.18. The molecule has 0 radical (unpaired) electrons. The van der Waals surface area contributed by atoms with E-state index < -0.39 is 18.5 Å². The average molecular weight is 464 g/mol. The molecular weight excluding hydrogens is 426 g/mol. The molecule has 8 nitrogen and oxygen atoms in total. The molecule has 0 aliphatic carbocycles. The number of amides is 1. The van der Waals surface area contributed by atoms with Crippen molar-refractivity contribution in [1.82, 2.24) is 5.32 Å². The number of hydrogen-bond donors (Lipinski definition) is 1. The monoisotopic (exact) mass is 463 g/mol. The van der Waals surface area contributed by atoms with Crippen LogP contribution in [0.4, 0.5) is 0 Å². The summed E-state index contributed by atoms with van der Waals surface area (Å²) in [5, 5.41) is 2.63. The third-order valence-electron chi connectivity index (χ3n) is 5.79. The Morgan fingerprint density at radius 2 is 1.88 bits per heavy atom. The van der Waals surface area contributed by atoms with Crippen molar-refractivity contribution in [2.24, 2.45) is 5.92 Å². The van der Waals surface area contributed by atoms with Gasteiger partial charge in [0.05, 0.1) is 37.1 Å². The summed E-state index contributed by atoms with van der Waals surface area (Å²) in [5.41, 5.74) is 1.02. The van der Waals surface area contributed by atoms with Gasteiger partial charge in [-0.3, -0.25) is 9.59 Å². The van der Waals surface area contributed by atoms with Gasteiger partial charge < -0.3 is 29.0 Å². The van der Waals surface area contributed by atoms with Crippen LogP contribution in [-0.4, -0.2) is 61.5 Å². The molecule has 0 unspecified atom stereocenters. The van der Waals surface area contributed by atoms with Crippen LogP contribution in [0.2, 0.25) is 0 Å².